The van der Waals surface area contributed by atoms with E-state index in [9.17, 15) is 0 Å². The fourth-order valence-corrected chi connectivity index (χ4v) is 3.70. The minimum absolute atomic E-state index is 0.286. The summed E-state index contributed by atoms with van der Waals surface area (Å²) >= 11 is 0. The van der Waals surface area contributed by atoms with Crippen molar-refractivity contribution in [3.05, 3.63) is 71.3 Å². The van der Waals surface area contributed by atoms with Crippen LogP contribution >= 0.6 is 0 Å². The first kappa shape index (κ1) is 18.2. The number of morpholine rings is 2. The van der Waals surface area contributed by atoms with Crippen molar-refractivity contribution in [3.63, 3.8) is 0 Å². The number of rotatable bonds is 3. The second-order valence-corrected chi connectivity index (χ2v) is 6.91. The van der Waals surface area contributed by atoms with Gasteiger partial charge in [0.1, 0.15) is 0 Å². The molecule has 2 aliphatic rings. The summed E-state index contributed by atoms with van der Waals surface area (Å²) in [5.74, 6) is 6.50. The lowest BCUT2D eigenvalue weighted by Gasteiger charge is -2.43. The summed E-state index contributed by atoms with van der Waals surface area (Å²) in [6, 6.07) is 18.8. The smallest absolute Gasteiger partial charge is 0.0889 e. The summed E-state index contributed by atoms with van der Waals surface area (Å²) in [7, 11) is 0. The molecule has 2 aromatic rings. The highest BCUT2D eigenvalue weighted by atomic mass is 16.5. The standard InChI is InChI=1S/C23H26N2O2/c1-2-4-20(5-3-1)6-7-21-8-10-22(11-9-21)23(24-12-16-26-17-13-24)25-14-18-27-19-15-25/h1-5,8-11,23H,12-19H2. The van der Waals surface area contributed by atoms with E-state index in [-0.39, 0.29) is 6.17 Å². The fraction of sp³-hybridized carbons (Fsp3) is 0.391. The first-order chi connectivity index (χ1) is 13.4. The quantitative estimate of drug-likeness (QED) is 0.784. The van der Waals surface area contributed by atoms with Crippen LogP contribution in [0.1, 0.15) is 22.9 Å². The minimum Gasteiger partial charge on any atom is -0.379 e. The average molecular weight is 362 g/mol. The molecule has 0 spiro atoms. The van der Waals surface area contributed by atoms with Crippen molar-refractivity contribution in [1.29, 1.82) is 0 Å². The van der Waals surface area contributed by atoms with Gasteiger partial charge in [-0.25, -0.2) is 0 Å². The summed E-state index contributed by atoms with van der Waals surface area (Å²) in [6.45, 7) is 7.11. The third-order valence-electron chi connectivity index (χ3n) is 5.12. The van der Waals surface area contributed by atoms with Gasteiger partial charge in [0.05, 0.1) is 32.6 Å². The summed E-state index contributed by atoms with van der Waals surface area (Å²) in [4.78, 5) is 5.05. The first-order valence-electron chi connectivity index (χ1n) is 9.71. The van der Waals surface area contributed by atoms with Gasteiger partial charge in [-0.05, 0) is 29.8 Å². The second-order valence-electron chi connectivity index (χ2n) is 6.91. The zero-order valence-corrected chi connectivity index (χ0v) is 15.6. The van der Waals surface area contributed by atoms with E-state index in [0.717, 1.165) is 63.7 Å². The van der Waals surface area contributed by atoms with Crippen LogP contribution in [0.15, 0.2) is 54.6 Å². The van der Waals surface area contributed by atoms with E-state index in [1.54, 1.807) is 0 Å². The Balaban J connectivity index is 1.54. The van der Waals surface area contributed by atoms with Crippen LogP contribution in [0, 0.1) is 11.8 Å². The van der Waals surface area contributed by atoms with Gasteiger partial charge in [0.2, 0.25) is 0 Å². The molecular weight excluding hydrogens is 336 g/mol. The van der Waals surface area contributed by atoms with Crippen LogP contribution in [0.4, 0.5) is 0 Å². The number of benzene rings is 2. The Kier molecular flexibility index (Phi) is 6.18. The molecule has 2 aliphatic heterocycles. The van der Waals surface area contributed by atoms with Crippen LogP contribution in [0.5, 0.6) is 0 Å². The number of ether oxygens (including phenoxy) is 2. The van der Waals surface area contributed by atoms with Gasteiger partial charge in [-0.2, -0.15) is 0 Å². The van der Waals surface area contributed by atoms with Crippen molar-refractivity contribution in [2.24, 2.45) is 0 Å². The molecule has 0 aliphatic carbocycles. The molecule has 2 aromatic carbocycles. The van der Waals surface area contributed by atoms with Gasteiger partial charge in [0, 0.05) is 37.3 Å². The summed E-state index contributed by atoms with van der Waals surface area (Å²) in [5, 5.41) is 0. The van der Waals surface area contributed by atoms with Crippen molar-refractivity contribution in [2.45, 2.75) is 6.17 Å². The fourth-order valence-electron chi connectivity index (χ4n) is 3.70. The zero-order chi connectivity index (χ0) is 18.3. The van der Waals surface area contributed by atoms with Crippen LogP contribution < -0.4 is 0 Å². The highest BCUT2D eigenvalue weighted by Gasteiger charge is 2.29. The molecule has 4 nitrogen and oxygen atoms in total. The zero-order valence-electron chi connectivity index (χ0n) is 15.6. The van der Waals surface area contributed by atoms with E-state index in [0.29, 0.717) is 0 Å². The predicted octanol–water partition coefficient (Wildman–Crippen LogP) is 2.75. The van der Waals surface area contributed by atoms with E-state index < -0.39 is 0 Å². The van der Waals surface area contributed by atoms with Crippen LogP contribution in [-0.2, 0) is 9.47 Å². The highest BCUT2D eigenvalue weighted by molar-refractivity contribution is 5.43. The molecule has 2 saturated heterocycles. The van der Waals surface area contributed by atoms with Crippen molar-refractivity contribution >= 4 is 0 Å². The van der Waals surface area contributed by atoms with Crippen LogP contribution in [-0.4, -0.2) is 62.4 Å². The molecular formula is C23H26N2O2. The van der Waals surface area contributed by atoms with Gasteiger partial charge in [-0.3, -0.25) is 9.80 Å². The Morgan fingerprint density at radius 1 is 0.630 bits per heavy atom. The topological polar surface area (TPSA) is 24.9 Å². The van der Waals surface area contributed by atoms with Crippen LogP contribution in [0.3, 0.4) is 0 Å². The van der Waals surface area contributed by atoms with Crippen molar-refractivity contribution < 1.29 is 9.47 Å². The molecule has 0 unspecified atom stereocenters. The Bertz CT molecular complexity index is 750. The van der Waals surface area contributed by atoms with Crippen molar-refractivity contribution in [3.8, 4) is 11.8 Å². The molecule has 140 valence electrons. The van der Waals surface area contributed by atoms with Crippen molar-refractivity contribution in [2.75, 3.05) is 52.6 Å². The number of hydrogen-bond donors (Lipinski definition) is 0. The molecule has 0 atom stereocenters. The van der Waals surface area contributed by atoms with E-state index >= 15 is 0 Å². The second kappa shape index (κ2) is 9.16. The maximum absolute atomic E-state index is 5.56. The molecule has 27 heavy (non-hydrogen) atoms. The lowest BCUT2D eigenvalue weighted by Crippen LogP contribution is -2.50. The maximum Gasteiger partial charge on any atom is 0.0889 e. The van der Waals surface area contributed by atoms with E-state index in [4.69, 9.17) is 9.47 Å². The van der Waals surface area contributed by atoms with E-state index in [1.807, 2.05) is 30.3 Å². The molecule has 0 radical (unpaired) electrons. The minimum atomic E-state index is 0.286. The summed E-state index contributed by atoms with van der Waals surface area (Å²) in [6.07, 6.45) is 0.286. The van der Waals surface area contributed by atoms with E-state index in [1.165, 1.54) is 5.56 Å². The third kappa shape index (κ3) is 4.77. The molecule has 4 heteroatoms. The van der Waals surface area contributed by atoms with Gasteiger partial charge in [-0.1, -0.05) is 42.2 Å². The third-order valence-corrected chi connectivity index (χ3v) is 5.12. The maximum atomic E-state index is 5.56. The highest BCUT2D eigenvalue weighted by Crippen LogP contribution is 2.27. The average Bonchev–Trinajstić information content (AvgIpc) is 2.76. The summed E-state index contributed by atoms with van der Waals surface area (Å²) < 4.78 is 11.1. The molecule has 0 bridgehead atoms. The molecule has 4 rings (SSSR count). The van der Waals surface area contributed by atoms with Crippen LogP contribution in [0.2, 0.25) is 0 Å². The first-order valence-corrected chi connectivity index (χ1v) is 9.71. The molecule has 0 saturated carbocycles. The van der Waals surface area contributed by atoms with Crippen molar-refractivity contribution in [1.82, 2.24) is 9.80 Å². The van der Waals surface area contributed by atoms with Gasteiger partial charge in [-0.15, -0.1) is 0 Å². The van der Waals surface area contributed by atoms with Crippen LogP contribution in [0.25, 0.3) is 0 Å². The molecule has 2 heterocycles. The monoisotopic (exact) mass is 362 g/mol. The largest absolute Gasteiger partial charge is 0.379 e. The Hall–Kier alpha value is -2.16. The number of hydrogen-bond acceptors (Lipinski definition) is 4. The van der Waals surface area contributed by atoms with Gasteiger partial charge in [0.15, 0.2) is 0 Å². The molecule has 2 fully saturated rings. The Labute approximate surface area is 161 Å². The molecule has 0 amide bonds. The molecule has 0 N–H and O–H groups in total. The van der Waals surface area contributed by atoms with Gasteiger partial charge < -0.3 is 9.47 Å². The predicted molar refractivity (Wildman–Crippen MR) is 106 cm³/mol. The van der Waals surface area contributed by atoms with Gasteiger partial charge in [0.25, 0.3) is 0 Å². The lowest BCUT2D eigenvalue weighted by molar-refractivity contribution is -0.0676. The number of nitrogens with zero attached hydrogens (tertiary/aromatic N) is 2. The normalized spacial score (nSPS) is 18.9. The Morgan fingerprint density at radius 3 is 1.63 bits per heavy atom. The van der Waals surface area contributed by atoms with Gasteiger partial charge >= 0.3 is 0 Å². The van der Waals surface area contributed by atoms with E-state index in [2.05, 4.69) is 45.9 Å². The SMILES string of the molecule is C(#Cc1ccc(C(N2CCOCC2)N2CCOCC2)cc1)c1ccccc1. The lowest BCUT2D eigenvalue weighted by atomic mass is 10.1. The molecule has 0 aromatic heterocycles. The Morgan fingerprint density at radius 2 is 1.11 bits per heavy atom. The summed E-state index contributed by atoms with van der Waals surface area (Å²) in [5.41, 5.74) is 3.41.